The zero-order valence-corrected chi connectivity index (χ0v) is 21.0. The van der Waals surface area contributed by atoms with Gasteiger partial charge in [-0.25, -0.2) is 4.98 Å². The van der Waals surface area contributed by atoms with Gasteiger partial charge in [-0.3, -0.25) is 14.9 Å². The van der Waals surface area contributed by atoms with Crippen LogP contribution in [0.2, 0.25) is 0 Å². The molecule has 8 nitrogen and oxygen atoms in total. The summed E-state index contributed by atoms with van der Waals surface area (Å²) in [5.74, 6) is 1.20. The summed E-state index contributed by atoms with van der Waals surface area (Å²) >= 11 is 1.36. The fraction of sp³-hybridized carbons (Fsp3) is 0.269. The number of hydrogen-bond acceptors (Lipinski definition) is 7. The van der Waals surface area contributed by atoms with E-state index >= 15 is 0 Å². The molecule has 3 rings (SSSR count). The lowest BCUT2D eigenvalue weighted by atomic mass is 10.1. The number of aromatic nitrogens is 1. The van der Waals surface area contributed by atoms with Crippen molar-refractivity contribution in [2.24, 2.45) is 0 Å². The molecular weight excluding hydrogens is 466 g/mol. The van der Waals surface area contributed by atoms with Crippen LogP contribution in [0.3, 0.4) is 0 Å². The number of ether oxygens (including phenoxy) is 3. The summed E-state index contributed by atoms with van der Waals surface area (Å²) in [6.45, 7) is 2.19. The Labute approximate surface area is 208 Å². The lowest BCUT2D eigenvalue weighted by Gasteiger charge is -2.12. The predicted molar refractivity (Wildman–Crippen MR) is 138 cm³/mol. The van der Waals surface area contributed by atoms with E-state index < -0.39 is 0 Å². The van der Waals surface area contributed by atoms with E-state index in [1.807, 2.05) is 17.5 Å². The van der Waals surface area contributed by atoms with Crippen LogP contribution in [0.1, 0.15) is 24.5 Å². The van der Waals surface area contributed by atoms with Gasteiger partial charge in [-0.1, -0.05) is 24.3 Å². The van der Waals surface area contributed by atoms with E-state index in [1.165, 1.54) is 37.0 Å². The molecule has 0 aliphatic carbocycles. The van der Waals surface area contributed by atoms with Crippen molar-refractivity contribution in [3.8, 4) is 28.5 Å². The molecule has 2 amide bonds. The maximum absolute atomic E-state index is 12.4. The van der Waals surface area contributed by atoms with E-state index in [4.69, 9.17) is 14.2 Å². The van der Waals surface area contributed by atoms with Crippen molar-refractivity contribution >= 4 is 34.4 Å². The van der Waals surface area contributed by atoms with Crippen molar-refractivity contribution in [1.29, 1.82) is 0 Å². The van der Waals surface area contributed by atoms with Crippen molar-refractivity contribution in [2.75, 3.05) is 33.2 Å². The minimum Gasteiger partial charge on any atom is -0.493 e. The van der Waals surface area contributed by atoms with Gasteiger partial charge in [0.15, 0.2) is 16.6 Å². The Hall–Kier alpha value is -3.85. The van der Waals surface area contributed by atoms with Crippen molar-refractivity contribution in [3.05, 3.63) is 59.0 Å². The summed E-state index contributed by atoms with van der Waals surface area (Å²) in [5, 5.41) is 8.02. The van der Waals surface area contributed by atoms with Crippen LogP contribution in [0.15, 0.2) is 47.9 Å². The first-order chi connectivity index (χ1) is 16.9. The quantitative estimate of drug-likeness (QED) is 0.299. The Morgan fingerprint density at radius 3 is 2.31 bits per heavy atom. The number of nitrogens with one attached hydrogen (secondary N) is 2. The average Bonchev–Trinajstić information content (AvgIpc) is 3.33. The molecule has 0 spiro atoms. The number of carbonyl (C=O) groups is 2. The number of anilines is 1. The topological polar surface area (TPSA) is 98.8 Å². The summed E-state index contributed by atoms with van der Waals surface area (Å²) in [5.41, 5.74) is 3.69. The second kappa shape index (κ2) is 12.6. The zero-order valence-electron chi connectivity index (χ0n) is 20.2. The molecule has 0 radical (unpaired) electrons. The van der Waals surface area contributed by atoms with Gasteiger partial charge in [-0.05, 0) is 42.2 Å². The summed E-state index contributed by atoms with van der Waals surface area (Å²) in [6, 6.07) is 11.7. The van der Waals surface area contributed by atoms with E-state index in [9.17, 15) is 9.59 Å². The molecule has 2 aromatic carbocycles. The van der Waals surface area contributed by atoms with Crippen LogP contribution < -0.4 is 24.8 Å². The van der Waals surface area contributed by atoms with E-state index in [0.29, 0.717) is 28.9 Å². The van der Waals surface area contributed by atoms with E-state index in [-0.39, 0.29) is 11.8 Å². The molecule has 35 heavy (non-hydrogen) atoms. The van der Waals surface area contributed by atoms with Crippen LogP contribution >= 0.6 is 11.3 Å². The third kappa shape index (κ3) is 7.31. The predicted octanol–water partition coefficient (Wildman–Crippen LogP) is 4.56. The van der Waals surface area contributed by atoms with Crippen molar-refractivity contribution in [3.63, 3.8) is 0 Å². The molecule has 0 saturated carbocycles. The molecule has 0 atom stereocenters. The van der Waals surface area contributed by atoms with Crippen molar-refractivity contribution < 1.29 is 23.8 Å². The number of benzene rings is 2. The van der Waals surface area contributed by atoms with Gasteiger partial charge < -0.3 is 19.5 Å². The maximum Gasteiger partial charge on any atom is 0.250 e. The number of aryl methyl sites for hydroxylation is 1. The highest BCUT2D eigenvalue weighted by atomic mass is 32.1. The summed E-state index contributed by atoms with van der Waals surface area (Å²) in [4.78, 5) is 27.9. The zero-order chi connectivity index (χ0) is 25.2. The van der Waals surface area contributed by atoms with Gasteiger partial charge in [-0.15, -0.1) is 11.3 Å². The lowest BCUT2D eigenvalue weighted by molar-refractivity contribution is -0.119. The van der Waals surface area contributed by atoms with E-state index in [2.05, 4.69) is 27.8 Å². The van der Waals surface area contributed by atoms with Gasteiger partial charge >= 0.3 is 0 Å². The molecule has 1 heterocycles. The SMILES string of the molecule is COc1cc(/C=C/C(=O)Nc2nc(-c3ccc(CCCNC(C)=O)cc3)cs2)cc(OC)c1OC. The van der Waals surface area contributed by atoms with Gasteiger partial charge in [0.2, 0.25) is 17.6 Å². The molecule has 1 aromatic heterocycles. The van der Waals surface area contributed by atoms with Crippen LogP contribution in [0.4, 0.5) is 5.13 Å². The first-order valence-electron chi connectivity index (χ1n) is 11.0. The minimum atomic E-state index is -0.297. The number of methoxy groups -OCH3 is 3. The maximum atomic E-state index is 12.4. The number of hydrogen-bond donors (Lipinski definition) is 2. The normalized spacial score (nSPS) is 10.7. The highest BCUT2D eigenvalue weighted by Gasteiger charge is 2.12. The Morgan fingerprint density at radius 2 is 1.71 bits per heavy atom. The second-order valence-corrected chi connectivity index (χ2v) is 8.46. The van der Waals surface area contributed by atoms with Gasteiger partial charge in [0.1, 0.15) is 0 Å². The largest absolute Gasteiger partial charge is 0.493 e. The van der Waals surface area contributed by atoms with Gasteiger partial charge in [-0.2, -0.15) is 0 Å². The van der Waals surface area contributed by atoms with Crippen LogP contribution in [-0.4, -0.2) is 44.7 Å². The molecule has 2 N–H and O–H groups in total. The minimum absolute atomic E-state index is 0.0107. The molecule has 3 aromatic rings. The van der Waals surface area contributed by atoms with Gasteiger partial charge in [0.05, 0.1) is 27.0 Å². The van der Waals surface area contributed by atoms with Crippen molar-refractivity contribution in [1.82, 2.24) is 10.3 Å². The molecule has 9 heteroatoms. The van der Waals surface area contributed by atoms with Crippen LogP contribution in [0.25, 0.3) is 17.3 Å². The first-order valence-corrected chi connectivity index (χ1v) is 11.9. The van der Waals surface area contributed by atoms with Crippen LogP contribution in [0.5, 0.6) is 17.2 Å². The highest BCUT2D eigenvalue weighted by Crippen LogP contribution is 2.38. The third-order valence-electron chi connectivity index (χ3n) is 5.11. The van der Waals surface area contributed by atoms with E-state index in [0.717, 1.165) is 29.7 Å². The summed E-state index contributed by atoms with van der Waals surface area (Å²) in [6.07, 6.45) is 4.86. The Bertz CT molecular complexity index is 1160. The molecule has 0 fully saturated rings. The molecule has 0 unspecified atom stereocenters. The number of carbonyl (C=O) groups excluding carboxylic acids is 2. The summed E-state index contributed by atoms with van der Waals surface area (Å²) < 4.78 is 16.0. The van der Waals surface area contributed by atoms with Crippen LogP contribution in [0, 0.1) is 0 Å². The monoisotopic (exact) mass is 495 g/mol. The first kappa shape index (κ1) is 25.8. The smallest absolute Gasteiger partial charge is 0.250 e. The van der Waals surface area contributed by atoms with Crippen molar-refractivity contribution in [2.45, 2.75) is 19.8 Å². The Morgan fingerprint density at radius 1 is 1.03 bits per heavy atom. The number of rotatable bonds is 11. The summed E-state index contributed by atoms with van der Waals surface area (Å²) in [7, 11) is 4.62. The standard InChI is InChI=1S/C26H29N3O5S/c1-17(30)27-13-5-6-18-7-10-20(11-8-18)21-16-35-26(28-21)29-24(31)12-9-19-14-22(32-2)25(34-4)23(15-19)33-3/h7-12,14-16H,5-6,13H2,1-4H3,(H,27,30)(H,28,29,31)/b12-9+. The molecule has 0 aliphatic rings. The fourth-order valence-electron chi connectivity index (χ4n) is 3.38. The van der Waals surface area contributed by atoms with Gasteiger partial charge in [0.25, 0.3) is 0 Å². The third-order valence-corrected chi connectivity index (χ3v) is 5.87. The number of nitrogens with zero attached hydrogens (tertiary/aromatic N) is 1. The molecule has 184 valence electrons. The van der Waals surface area contributed by atoms with E-state index in [1.54, 1.807) is 32.4 Å². The number of thiazole rings is 1. The highest BCUT2D eigenvalue weighted by molar-refractivity contribution is 7.14. The molecular formula is C26H29N3O5S. The molecule has 0 bridgehead atoms. The Kier molecular flexibility index (Phi) is 9.25. The second-order valence-electron chi connectivity index (χ2n) is 7.60. The lowest BCUT2D eigenvalue weighted by Crippen LogP contribution is -2.21. The number of amides is 2. The fourth-order valence-corrected chi connectivity index (χ4v) is 4.10. The van der Waals surface area contributed by atoms with Gasteiger partial charge in [0, 0.05) is 30.5 Å². The average molecular weight is 496 g/mol. The molecule has 0 aliphatic heterocycles. The Balaban J connectivity index is 1.59. The van der Waals surface area contributed by atoms with Crippen LogP contribution in [-0.2, 0) is 16.0 Å². The molecule has 0 saturated heterocycles.